The van der Waals surface area contributed by atoms with Crippen LogP contribution in [0.3, 0.4) is 0 Å². The fourth-order valence-electron chi connectivity index (χ4n) is 1.95. The van der Waals surface area contributed by atoms with Gasteiger partial charge in [-0.05, 0) is 18.2 Å². The third kappa shape index (κ3) is 3.44. The molecule has 0 saturated carbocycles. The molecule has 1 saturated heterocycles. The first-order valence-electron chi connectivity index (χ1n) is 6.15. The number of aliphatic hydroxyl groups excluding tert-OH is 1. The zero-order chi connectivity index (χ0) is 14.5. The fourth-order valence-corrected chi connectivity index (χ4v) is 3.00. The molecular weight excluding hydrogens is 281 g/mol. The van der Waals surface area contributed by atoms with Gasteiger partial charge in [0.25, 0.3) is 5.91 Å². The monoisotopic (exact) mass is 295 g/mol. The number of hydrogen-bond acceptors (Lipinski definition) is 3. The second kappa shape index (κ2) is 6.64. The maximum atomic E-state index is 13.3. The number of rotatable bonds is 1. The third-order valence-electron chi connectivity index (χ3n) is 2.98. The van der Waals surface area contributed by atoms with E-state index in [1.165, 1.54) is 12.1 Å². The summed E-state index contributed by atoms with van der Waals surface area (Å²) in [4.78, 5) is 13.9. The van der Waals surface area contributed by atoms with E-state index in [0.29, 0.717) is 30.2 Å². The Balaban J connectivity index is 2.28. The van der Waals surface area contributed by atoms with E-state index in [0.717, 1.165) is 6.07 Å². The minimum atomic E-state index is -0.877. The number of halogens is 1. The smallest absolute Gasteiger partial charge is 0.255 e. The van der Waals surface area contributed by atoms with Crippen molar-refractivity contribution in [3.8, 4) is 11.8 Å². The van der Waals surface area contributed by atoms with Crippen molar-refractivity contribution in [1.29, 1.82) is 0 Å². The van der Waals surface area contributed by atoms with Crippen molar-refractivity contribution < 1.29 is 18.5 Å². The molecule has 0 bridgehead atoms. The molecule has 6 heteroatoms. The van der Waals surface area contributed by atoms with Gasteiger partial charge in [-0.25, -0.2) is 4.39 Å². The molecule has 106 valence electrons. The molecule has 0 aliphatic carbocycles. The van der Waals surface area contributed by atoms with Crippen LogP contribution in [0.2, 0.25) is 0 Å². The van der Waals surface area contributed by atoms with Crippen molar-refractivity contribution in [2.45, 2.75) is 0 Å². The molecule has 2 rings (SSSR count). The minimum Gasteiger partial charge on any atom is -0.384 e. The van der Waals surface area contributed by atoms with Crippen molar-refractivity contribution in [3.63, 3.8) is 0 Å². The molecule has 1 fully saturated rings. The largest absolute Gasteiger partial charge is 0.384 e. The molecule has 0 atom stereocenters. The van der Waals surface area contributed by atoms with Crippen LogP contribution in [-0.2, 0) is 10.8 Å². The third-order valence-corrected chi connectivity index (χ3v) is 4.25. The van der Waals surface area contributed by atoms with Gasteiger partial charge in [0.05, 0.1) is 5.56 Å². The van der Waals surface area contributed by atoms with Crippen LogP contribution in [0, 0.1) is 17.7 Å². The first-order chi connectivity index (χ1) is 9.61. The Morgan fingerprint density at radius 3 is 2.75 bits per heavy atom. The van der Waals surface area contributed by atoms with Crippen LogP contribution in [0.4, 0.5) is 4.39 Å². The van der Waals surface area contributed by atoms with Crippen molar-refractivity contribution in [2.24, 2.45) is 0 Å². The van der Waals surface area contributed by atoms with Gasteiger partial charge in [0.1, 0.15) is 12.4 Å². The zero-order valence-electron chi connectivity index (χ0n) is 10.8. The maximum Gasteiger partial charge on any atom is 0.255 e. The highest BCUT2D eigenvalue weighted by Crippen LogP contribution is 2.15. The minimum absolute atomic E-state index is 0.179. The number of benzene rings is 1. The summed E-state index contributed by atoms with van der Waals surface area (Å²) in [7, 11) is -0.877. The number of hydrogen-bond donors (Lipinski definition) is 1. The summed E-state index contributed by atoms with van der Waals surface area (Å²) in [6, 6.07) is 3.80. The van der Waals surface area contributed by atoms with Gasteiger partial charge >= 0.3 is 0 Å². The van der Waals surface area contributed by atoms with Crippen LogP contribution in [0.15, 0.2) is 18.2 Å². The van der Waals surface area contributed by atoms with E-state index < -0.39 is 16.6 Å². The molecule has 0 unspecified atom stereocenters. The summed E-state index contributed by atoms with van der Waals surface area (Å²) >= 11 is 0. The fraction of sp³-hybridized carbons (Fsp3) is 0.357. The molecule has 1 aromatic carbocycles. The standard InChI is InChI=1S/C14H14FNO3S/c15-12-4-3-11(2-1-7-17)13(10-12)14(18)16-5-8-20(19)9-6-16/h3-4,10,17H,5-9H2. The number of carbonyl (C=O) groups excluding carboxylic acids is 1. The molecule has 1 aliphatic heterocycles. The molecule has 1 heterocycles. The molecular formula is C14H14FNO3S. The quantitative estimate of drug-likeness (QED) is 0.762. The maximum absolute atomic E-state index is 13.3. The van der Waals surface area contributed by atoms with Crippen LogP contribution in [0.5, 0.6) is 0 Å². The van der Waals surface area contributed by atoms with Gasteiger partial charge in [-0.1, -0.05) is 11.8 Å². The average Bonchev–Trinajstić information content (AvgIpc) is 2.46. The van der Waals surface area contributed by atoms with Gasteiger partial charge in [-0.3, -0.25) is 9.00 Å². The first kappa shape index (κ1) is 14.7. The summed E-state index contributed by atoms with van der Waals surface area (Å²) in [5.74, 6) is 5.16. The van der Waals surface area contributed by atoms with Crippen molar-refractivity contribution in [2.75, 3.05) is 31.2 Å². The van der Waals surface area contributed by atoms with E-state index in [2.05, 4.69) is 11.8 Å². The van der Waals surface area contributed by atoms with Gasteiger partial charge in [0.15, 0.2) is 0 Å². The summed E-state index contributed by atoms with van der Waals surface area (Å²) in [5, 5.41) is 8.71. The van der Waals surface area contributed by atoms with Crippen LogP contribution in [0.1, 0.15) is 15.9 Å². The first-order valence-corrected chi connectivity index (χ1v) is 7.64. The Morgan fingerprint density at radius 1 is 1.40 bits per heavy atom. The highest BCUT2D eigenvalue weighted by atomic mass is 32.2. The van der Waals surface area contributed by atoms with Crippen molar-refractivity contribution >= 4 is 16.7 Å². The highest BCUT2D eigenvalue weighted by Gasteiger charge is 2.23. The highest BCUT2D eigenvalue weighted by molar-refractivity contribution is 7.85. The second-order valence-corrected chi connectivity index (χ2v) is 5.99. The van der Waals surface area contributed by atoms with E-state index in [9.17, 15) is 13.4 Å². The molecule has 0 aromatic heterocycles. The van der Waals surface area contributed by atoms with Crippen molar-refractivity contribution in [3.05, 3.63) is 35.1 Å². The van der Waals surface area contributed by atoms with Gasteiger partial charge < -0.3 is 10.0 Å². The lowest BCUT2D eigenvalue weighted by molar-refractivity contribution is 0.0770. The lowest BCUT2D eigenvalue weighted by Gasteiger charge is -2.26. The lowest BCUT2D eigenvalue weighted by Crippen LogP contribution is -2.42. The van der Waals surface area contributed by atoms with E-state index >= 15 is 0 Å². The van der Waals surface area contributed by atoms with E-state index in [-0.39, 0.29) is 18.1 Å². The molecule has 0 radical (unpaired) electrons. The second-order valence-electron chi connectivity index (χ2n) is 4.29. The lowest BCUT2D eigenvalue weighted by atomic mass is 10.1. The predicted octanol–water partition coefficient (Wildman–Crippen LogP) is 0.374. The van der Waals surface area contributed by atoms with Crippen LogP contribution < -0.4 is 0 Å². The van der Waals surface area contributed by atoms with Crippen LogP contribution >= 0.6 is 0 Å². The van der Waals surface area contributed by atoms with Crippen molar-refractivity contribution in [1.82, 2.24) is 4.90 Å². The average molecular weight is 295 g/mol. The Morgan fingerprint density at radius 2 is 2.10 bits per heavy atom. The molecule has 1 aliphatic rings. The Kier molecular flexibility index (Phi) is 4.88. The summed E-state index contributed by atoms with van der Waals surface area (Å²) in [6.07, 6.45) is 0. The van der Waals surface area contributed by atoms with Crippen LogP contribution in [0.25, 0.3) is 0 Å². The van der Waals surface area contributed by atoms with Crippen LogP contribution in [-0.4, -0.2) is 51.3 Å². The van der Waals surface area contributed by atoms with E-state index in [1.54, 1.807) is 4.90 Å². The van der Waals surface area contributed by atoms with Gasteiger partial charge in [-0.15, -0.1) is 0 Å². The summed E-state index contributed by atoms with van der Waals surface area (Å²) in [5.41, 5.74) is 0.566. The molecule has 0 spiro atoms. The number of nitrogens with zero attached hydrogens (tertiary/aromatic N) is 1. The number of aliphatic hydroxyl groups is 1. The molecule has 1 amide bonds. The normalized spacial score (nSPS) is 15.6. The number of amides is 1. The molecule has 1 N–H and O–H groups in total. The zero-order valence-corrected chi connectivity index (χ0v) is 11.6. The molecule has 1 aromatic rings. The van der Waals surface area contributed by atoms with Gasteiger partial charge in [-0.2, -0.15) is 0 Å². The summed E-state index contributed by atoms with van der Waals surface area (Å²) < 4.78 is 24.6. The van der Waals surface area contributed by atoms with Gasteiger partial charge in [0, 0.05) is 41.0 Å². The Hall–Kier alpha value is -1.71. The van der Waals surface area contributed by atoms with E-state index in [1.807, 2.05) is 0 Å². The Labute approximate surface area is 119 Å². The number of carbonyl (C=O) groups is 1. The van der Waals surface area contributed by atoms with Gasteiger partial charge in [0.2, 0.25) is 0 Å². The molecule has 4 nitrogen and oxygen atoms in total. The topological polar surface area (TPSA) is 57.6 Å². The molecule has 20 heavy (non-hydrogen) atoms. The summed E-state index contributed by atoms with van der Waals surface area (Å²) in [6.45, 7) is 0.470. The predicted molar refractivity (Wildman–Crippen MR) is 74.1 cm³/mol. The Bertz CT molecular complexity index is 596. The van der Waals surface area contributed by atoms with E-state index in [4.69, 9.17) is 5.11 Å². The SMILES string of the molecule is O=C(c1cc(F)ccc1C#CCO)N1CCS(=O)CC1.